The number of carbonyl (C=O) groups is 2. The second kappa shape index (κ2) is 7.09. The van der Waals surface area contributed by atoms with Gasteiger partial charge in [0.15, 0.2) is 0 Å². The first-order valence-electron chi connectivity index (χ1n) is 6.28. The van der Waals surface area contributed by atoms with E-state index in [0.29, 0.717) is 5.56 Å². The van der Waals surface area contributed by atoms with Gasteiger partial charge in [0.05, 0.1) is 0 Å². The number of amides is 1. The Morgan fingerprint density at radius 2 is 1.50 bits per heavy atom. The number of hydrogen-bond donors (Lipinski definition) is 1. The molecule has 0 spiro atoms. The van der Waals surface area contributed by atoms with Crippen molar-refractivity contribution < 1.29 is 14.3 Å². The first-order valence-corrected chi connectivity index (χ1v) is 6.28. The SMILES string of the molecule is O=C(CNC(=O)c1ccccc1)OCc1ccccc1. The van der Waals surface area contributed by atoms with Crippen LogP contribution >= 0.6 is 0 Å². The molecule has 4 nitrogen and oxygen atoms in total. The monoisotopic (exact) mass is 269 g/mol. The van der Waals surface area contributed by atoms with Gasteiger partial charge in [-0.05, 0) is 17.7 Å². The summed E-state index contributed by atoms with van der Waals surface area (Å²) in [6, 6.07) is 18.1. The highest BCUT2D eigenvalue weighted by atomic mass is 16.5. The van der Waals surface area contributed by atoms with E-state index in [1.165, 1.54) is 0 Å². The van der Waals surface area contributed by atoms with E-state index in [9.17, 15) is 9.59 Å². The Morgan fingerprint density at radius 1 is 0.900 bits per heavy atom. The van der Waals surface area contributed by atoms with Crippen LogP contribution in [0.25, 0.3) is 0 Å². The second-order valence-electron chi connectivity index (χ2n) is 4.19. The molecular formula is C16H15NO3. The molecule has 0 aliphatic rings. The molecule has 2 rings (SSSR count). The summed E-state index contributed by atoms with van der Waals surface area (Å²) in [6.07, 6.45) is 0. The number of carbonyl (C=O) groups excluding carboxylic acids is 2. The highest BCUT2D eigenvalue weighted by Crippen LogP contribution is 2.01. The number of ether oxygens (including phenoxy) is 1. The highest BCUT2D eigenvalue weighted by Gasteiger charge is 2.08. The predicted octanol–water partition coefficient (Wildman–Crippen LogP) is 2.16. The van der Waals surface area contributed by atoms with Gasteiger partial charge in [0, 0.05) is 5.56 Å². The smallest absolute Gasteiger partial charge is 0.325 e. The molecule has 1 amide bonds. The van der Waals surface area contributed by atoms with E-state index in [4.69, 9.17) is 4.74 Å². The summed E-state index contributed by atoms with van der Waals surface area (Å²) in [4.78, 5) is 23.2. The van der Waals surface area contributed by atoms with Gasteiger partial charge in [-0.2, -0.15) is 0 Å². The van der Waals surface area contributed by atoms with Crippen molar-refractivity contribution in [3.05, 3.63) is 71.8 Å². The first-order chi connectivity index (χ1) is 9.75. The normalized spacial score (nSPS) is 9.80. The second-order valence-corrected chi connectivity index (χ2v) is 4.19. The molecule has 0 fully saturated rings. The third-order valence-corrected chi connectivity index (χ3v) is 2.67. The Balaban J connectivity index is 1.74. The predicted molar refractivity (Wildman–Crippen MR) is 75.0 cm³/mol. The van der Waals surface area contributed by atoms with Crippen molar-refractivity contribution in [2.45, 2.75) is 6.61 Å². The van der Waals surface area contributed by atoms with Gasteiger partial charge >= 0.3 is 5.97 Å². The molecule has 4 heteroatoms. The largest absolute Gasteiger partial charge is 0.460 e. The Hall–Kier alpha value is -2.62. The van der Waals surface area contributed by atoms with Crippen LogP contribution in [0.15, 0.2) is 60.7 Å². The average Bonchev–Trinajstić information content (AvgIpc) is 2.52. The fourth-order valence-corrected chi connectivity index (χ4v) is 1.63. The van der Waals surface area contributed by atoms with Crippen LogP contribution in [0, 0.1) is 0 Å². The van der Waals surface area contributed by atoms with Gasteiger partial charge in [-0.15, -0.1) is 0 Å². The summed E-state index contributed by atoms with van der Waals surface area (Å²) in [6.45, 7) is 0.0709. The molecule has 0 atom stereocenters. The van der Waals surface area contributed by atoms with E-state index in [0.717, 1.165) is 5.56 Å². The minimum Gasteiger partial charge on any atom is -0.460 e. The molecule has 0 aliphatic carbocycles. The van der Waals surface area contributed by atoms with Crippen LogP contribution in [0.5, 0.6) is 0 Å². The minimum absolute atomic E-state index is 0.138. The van der Waals surface area contributed by atoms with Crippen molar-refractivity contribution in [1.29, 1.82) is 0 Å². The lowest BCUT2D eigenvalue weighted by Gasteiger charge is -2.06. The molecule has 0 aliphatic heterocycles. The molecule has 102 valence electrons. The molecule has 0 heterocycles. The zero-order valence-corrected chi connectivity index (χ0v) is 10.9. The van der Waals surface area contributed by atoms with Crippen LogP contribution in [0.2, 0.25) is 0 Å². The molecule has 0 saturated carbocycles. The molecular weight excluding hydrogens is 254 g/mol. The standard InChI is InChI=1S/C16H15NO3/c18-15(20-12-13-7-3-1-4-8-13)11-17-16(19)14-9-5-2-6-10-14/h1-10H,11-12H2,(H,17,19). The molecule has 20 heavy (non-hydrogen) atoms. The molecule has 0 unspecified atom stereocenters. The van der Waals surface area contributed by atoms with Gasteiger partial charge in [-0.1, -0.05) is 48.5 Å². The van der Waals surface area contributed by atoms with Crippen molar-refractivity contribution in [2.24, 2.45) is 0 Å². The third kappa shape index (κ3) is 4.24. The summed E-state index contributed by atoms with van der Waals surface area (Å²) in [7, 11) is 0. The van der Waals surface area contributed by atoms with Crippen molar-refractivity contribution in [2.75, 3.05) is 6.54 Å². The maximum absolute atomic E-state index is 11.7. The van der Waals surface area contributed by atoms with Crippen molar-refractivity contribution in [1.82, 2.24) is 5.32 Å². The Kier molecular flexibility index (Phi) is 4.89. The van der Waals surface area contributed by atoms with E-state index in [-0.39, 0.29) is 19.1 Å². The summed E-state index contributed by atoms with van der Waals surface area (Å²) >= 11 is 0. The number of benzene rings is 2. The van der Waals surface area contributed by atoms with Gasteiger partial charge in [0.1, 0.15) is 13.2 Å². The lowest BCUT2D eigenvalue weighted by Crippen LogP contribution is -2.30. The van der Waals surface area contributed by atoms with E-state index < -0.39 is 5.97 Å². The number of hydrogen-bond acceptors (Lipinski definition) is 3. The summed E-state index contributed by atoms with van der Waals surface area (Å²) in [5.41, 5.74) is 1.43. The van der Waals surface area contributed by atoms with E-state index in [1.54, 1.807) is 24.3 Å². The van der Waals surface area contributed by atoms with E-state index in [1.807, 2.05) is 36.4 Å². The topological polar surface area (TPSA) is 55.4 Å². The van der Waals surface area contributed by atoms with Gasteiger partial charge in [0.2, 0.25) is 0 Å². The molecule has 0 aromatic heterocycles. The number of rotatable bonds is 5. The summed E-state index contributed by atoms with van der Waals surface area (Å²) in [5.74, 6) is -0.750. The van der Waals surface area contributed by atoms with Gasteiger partial charge in [0.25, 0.3) is 5.91 Å². The molecule has 2 aromatic rings. The van der Waals surface area contributed by atoms with Gasteiger partial charge in [-0.3, -0.25) is 9.59 Å². The summed E-state index contributed by atoms with van der Waals surface area (Å²) in [5, 5.41) is 2.52. The third-order valence-electron chi connectivity index (χ3n) is 2.67. The fourth-order valence-electron chi connectivity index (χ4n) is 1.63. The maximum Gasteiger partial charge on any atom is 0.325 e. The number of esters is 1. The zero-order valence-electron chi connectivity index (χ0n) is 10.9. The van der Waals surface area contributed by atoms with Crippen LogP contribution < -0.4 is 5.32 Å². The number of nitrogens with one attached hydrogen (secondary N) is 1. The fraction of sp³-hybridized carbons (Fsp3) is 0.125. The Morgan fingerprint density at radius 3 is 2.15 bits per heavy atom. The molecule has 0 saturated heterocycles. The average molecular weight is 269 g/mol. The van der Waals surface area contributed by atoms with Gasteiger partial charge in [-0.25, -0.2) is 0 Å². The lowest BCUT2D eigenvalue weighted by molar-refractivity contribution is -0.143. The first kappa shape index (κ1) is 13.8. The summed E-state index contributed by atoms with van der Waals surface area (Å²) < 4.78 is 5.06. The van der Waals surface area contributed by atoms with Crippen LogP contribution in [-0.4, -0.2) is 18.4 Å². The zero-order chi connectivity index (χ0) is 14.2. The van der Waals surface area contributed by atoms with Crippen LogP contribution in [0.3, 0.4) is 0 Å². The van der Waals surface area contributed by atoms with Crippen LogP contribution in [0.1, 0.15) is 15.9 Å². The van der Waals surface area contributed by atoms with Gasteiger partial charge < -0.3 is 10.1 Å². The molecule has 2 aromatic carbocycles. The van der Waals surface area contributed by atoms with Crippen molar-refractivity contribution in [3.63, 3.8) is 0 Å². The van der Waals surface area contributed by atoms with E-state index >= 15 is 0 Å². The highest BCUT2D eigenvalue weighted by molar-refractivity contribution is 5.95. The molecule has 0 bridgehead atoms. The maximum atomic E-state index is 11.7. The molecule has 0 radical (unpaired) electrons. The molecule has 1 N–H and O–H groups in total. The quantitative estimate of drug-likeness (QED) is 0.846. The van der Waals surface area contributed by atoms with Crippen molar-refractivity contribution >= 4 is 11.9 Å². The van der Waals surface area contributed by atoms with Crippen LogP contribution in [-0.2, 0) is 16.1 Å². The Bertz CT molecular complexity index is 567. The lowest BCUT2D eigenvalue weighted by atomic mass is 10.2. The van der Waals surface area contributed by atoms with Crippen molar-refractivity contribution in [3.8, 4) is 0 Å². The Labute approximate surface area is 117 Å². The minimum atomic E-state index is -0.460. The van der Waals surface area contributed by atoms with E-state index in [2.05, 4.69) is 5.32 Å². The van der Waals surface area contributed by atoms with Crippen LogP contribution in [0.4, 0.5) is 0 Å².